The average molecular weight is 365 g/mol. The Labute approximate surface area is 156 Å². The van der Waals surface area contributed by atoms with Crippen molar-refractivity contribution in [3.8, 4) is 0 Å². The quantitative estimate of drug-likeness (QED) is 0.490. The first kappa shape index (κ1) is 18.2. The van der Waals surface area contributed by atoms with Crippen LogP contribution in [0.4, 0.5) is 4.39 Å². The predicted molar refractivity (Wildman–Crippen MR) is 99.6 cm³/mol. The highest BCUT2D eigenvalue weighted by atomic mass is 19.1. The van der Waals surface area contributed by atoms with Crippen LogP contribution in [-0.2, 0) is 0 Å². The molecule has 2 unspecified atom stereocenters. The number of fused-ring (bicyclic) bond motifs is 5. The molecule has 4 aliphatic carbocycles. The Morgan fingerprint density at radius 1 is 1.04 bits per heavy atom. The second kappa shape index (κ2) is 5.90. The zero-order valence-electron chi connectivity index (χ0n) is 16.3. The van der Waals surface area contributed by atoms with Crippen LogP contribution in [0.2, 0.25) is 0 Å². The minimum absolute atomic E-state index is 0.245. The number of aliphatic hydroxyl groups excluding tert-OH is 3. The van der Waals surface area contributed by atoms with Gasteiger partial charge in [-0.25, -0.2) is 4.39 Å². The first-order chi connectivity index (χ1) is 12.2. The van der Waals surface area contributed by atoms with Gasteiger partial charge in [-0.2, -0.15) is 0 Å². The summed E-state index contributed by atoms with van der Waals surface area (Å²) in [6.07, 6.45) is 7.68. The lowest BCUT2D eigenvalue weighted by molar-refractivity contribution is -0.112. The van der Waals surface area contributed by atoms with E-state index in [1.54, 1.807) is 0 Å². The van der Waals surface area contributed by atoms with Crippen molar-refractivity contribution < 1.29 is 19.7 Å². The van der Waals surface area contributed by atoms with E-state index in [4.69, 9.17) is 0 Å². The van der Waals surface area contributed by atoms with Crippen LogP contribution in [0.15, 0.2) is 22.9 Å². The summed E-state index contributed by atoms with van der Waals surface area (Å²) in [7, 11) is 0. The number of alkyl halides is 1. The van der Waals surface area contributed by atoms with Gasteiger partial charge in [0.1, 0.15) is 11.5 Å². The number of hydrogen-bond donors (Lipinski definition) is 3. The van der Waals surface area contributed by atoms with Crippen molar-refractivity contribution in [2.45, 2.75) is 78.3 Å². The molecule has 4 aliphatic rings. The molecule has 0 aromatic rings. The van der Waals surface area contributed by atoms with E-state index < -0.39 is 11.6 Å². The summed E-state index contributed by atoms with van der Waals surface area (Å²) in [5, 5.41) is 30.7. The molecule has 3 N–H and O–H groups in total. The molecule has 0 bridgehead atoms. The van der Waals surface area contributed by atoms with Gasteiger partial charge in [-0.3, -0.25) is 0 Å². The lowest BCUT2D eigenvalue weighted by Crippen LogP contribution is -2.54. The van der Waals surface area contributed by atoms with Crippen LogP contribution in [0.1, 0.15) is 72.1 Å². The molecule has 0 saturated heterocycles. The van der Waals surface area contributed by atoms with Gasteiger partial charge in [0.15, 0.2) is 11.9 Å². The fourth-order valence-electron chi connectivity index (χ4n) is 7.55. The molecule has 0 amide bonds. The van der Waals surface area contributed by atoms with E-state index in [0.717, 1.165) is 31.6 Å². The smallest absolute Gasteiger partial charge is 0.161 e. The molecule has 26 heavy (non-hydrogen) atoms. The molecule has 4 rings (SSSR count). The van der Waals surface area contributed by atoms with Gasteiger partial charge in [0.25, 0.3) is 0 Å². The van der Waals surface area contributed by atoms with E-state index in [0.29, 0.717) is 11.3 Å². The van der Waals surface area contributed by atoms with Crippen molar-refractivity contribution in [2.24, 2.45) is 34.5 Å². The second-order valence-corrected chi connectivity index (χ2v) is 9.87. The van der Waals surface area contributed by atoms with Crippen LogP contribution in [0, 0.1) is 34.5 Å². The molecular formula is C22H33FO3. The number of allylic oxidation sites excluding steroid dienone is 3. The Bertz CT molecular complexity index is 664. The molecule has 0 radical (unpaired) electrons. The summed E-state index contributed by atoms with van der Waals surface area (Å²) in [6.45, 7) is 5.80. The second-order valence-electron chi connectivity index (χ2n) is 9.87. The van der Waals surface area contributed by atoms with E-state index in [1.807, 2.05) is 6.92 Å². The minimum atomic E-state index is -1.44. The lowest BCUT2D eigenvalue weighted by atomic mass is 9.44. The summed E-state index contributed by atoms with van der Waals surface area (Å²) in [6, 6.07) is 0. The normalized spacial score (nSPS) is 49.2. The third-order valence-corrected chi connectivity index (χ3v) is 8.82. The Morgan fingerprint density at radius 2 is 1.77 bits per heavy atom. The molecule has 0 heterocycles. The Hall–Kier alpha value is -1.19. The maximum absolute atomic E-state index is 15.4. The van der Waals surface area contributed by atoms with Gasteiger partial charge in [-0.1, -0.05) is 26.7 Å². The highest BCUT2D eigenvalue weighted by Gasteiger charge is 2.63. The van der Waals surface area contributed by atoms with E-state index in [9.17, 15) is 15.3 Å². The molecule has 0 aromatic heterocycles. The largest absolute Gasteiger partial charge is 0.509 e. The van der Waals surface area contributed by atoms with Gasteiger partial charge in [0.05, 0.1) is 0 Å². The van der Waals surface area contributed by atoms with Crippen molar-refractivity contribution in [3.05, 3.63) is 22.9 Å². The van der Waals surface area contributed by atoms with Crippen LogP contribution in [0.25, 0.3) is 0 Å². The van der Waals surface area contributed by atoms with Crippen molar-refractivity contribution in [1.29, 1.82) is 0 Å². The molecular weight excluding hydrogens is 331 g/mol. The topological polar surface area (TPSA) is 60.7 Å². The zero-order chi connectivity index (χ0) is 18.9. The summed E-state index contributed by atoms with van der Waals surface area (Å²) in [5.41, 5.74) is -0.0496. The average Bonchev–Trinajstić information content (AvgIpc) is 2.80. The number of halogens is 1. The molecule has 4 heteroatoms. The summed E-state index contributed by atoms with van der Waals surface area (Å²) < 4.78 is 15.4. The first-order valence-electron chi connectivity index (χ1n) is 10.4. The lowest BCUT2D eigenvalue weighted by Gasteiger charge is -2.60. The molecule has 0 aromatic carbocycles. The maximum Gasteiger partial charge on any atom is 0.161 e. The van der Waals surface area contributed by atoms with Gasteiger partial charge in [0.2, 0.25) is 0 Å². The molecule has 3 saturated carbocycles. The van der Waals surface area contributed by atoms with Gasteiger partial charge >= 0.3 is 0 Å². The summed E-state index contributed by atoms with van der Waals surface area (Å²) in [5.74, 6) is 0.297. The standard InChI is InChI=1S/C22H33FO3/c1-12(24)19(25)17-20(26)18(23)16-14-8-7-13-6-4-5-10-21(13,2)15(14)9-11-22(16,17)3/h13-16,18,24-26H,4-11H2,1-3H3/t13?,14-,15+,16-,18?,21+,22+/m1/s1. The van der Waals surface area contributed by atoms with Crippen LogP contribution in [0.5, 0.6) is 0 Å². The van der Waals surface area contributed by atoms with Crippen molar-refractivity contribution in [2.75, 3.05) is 0 Å². The summed E-state index contributed by atoms with van der Waals surface area (Å²) in [4.78, 5) is 0. The van der Waals surface area contributed by atoms with Crippen molar-refractivity contribution in [3.63, 3.8) is 0 Å². The van der Waals surface area contributed by atoms with Crippen molar-refractivity contribution in [1.82, 2.24) is 0 Å². The summed E-state index contributed by atoms with van der Waals surface area (Å²) >= 11 is 0. The first-order valence-corrected chi connectivity index (χ1v) is 10.4. The van der Waals surface area contributed by atoms with Crippen molar-refractivity contribution >= 4 is 0 Å². The molecule has 0 aliphatic heterocycles. The number of hydrogen-bond acceptors (Lipinski definition) is 3. The Balaban J connectivity index is 1.73. The molecule has 146 valence electrons. The van der Waals surface area contributed by atoms with Crippen LogP contribution < -0.4 is 0 Å². The SMILES string of the molecule is CC(O)=C(O)C1=C(O)C(F)[C@H]2[C@@H]3CCC4CCCC[C@]4(C)[C@H]3CC[C@]12C. The third-order valence-electron chi connectivity index (χ3n) is 8.82. The molecule has 3 nitrogen and oxygen atoms in total. The fourth-order valence-corrected chi connectivity index (χ4v) is 7.55. The van der Waals surface area contributed by atoms with E-state index in [1.165, 1.54) is 32.6 Å². The Kier molecular flexibility index (Phi) is 4.13. The predicted octanol–water partition coefficient (Wildman–Crippen LogP) is 6.14. The van der Waals surface area contributed by atoms with Crippen LogP contribution in [-0.4, -0.2) is 21.5 Å². The zero-order valence-corrected chi connectivity index (χ0v) is 16.3. The van der Waals surface area contributed by atoms with Crippen LogP contribution >= 0.6 is 0 Å². The van der Waals surface area contributed by atoms with Gasteiger partial charge < -0.3 is 15.3 Å². The molecule has 0 spiro atoms. The highest BCUT2D eigenvalue weighted by molar-refractivity contribution is 5.43. The van der Waals surface area contributed by atoms with Gasteiger partial charge in [-0.15, -0.1) is 0 Å². The number of rotatable bonds is 1. The number of aliphatic hydroxyl groups is 3. The molecule has 7 atom stereocenters. The monoisotopic (exact) mass is 364 g/mol. The molecule has 3 fully saturated rings. The van der Waals surface area contributed by atoms with Crippen LogP contribution in [0.3, 0.4) is 0 Å². The van der Waals surface area contributed by atoms with Gasteiger partial charge in [-0.05, 0) is 68.6 Å². The van der Waals surface area contributed by atoms with E-state index in [2.05, 4.69) is 6.92 Å². The highest BCUT2D eigenvalue weighted by Crippen LogP contribution is 2.68. The van der Waals surface area contributed by atoms with E-state index in [-0.39, 0.29) is 34.7 Å². The fraction of sp³-hybridized carbons (Fsp3) is 0.818. The minimum Gasteiger partial charge on any atom is -0.509 e. The third kappa shape index (κ3) is 2.23. The van der Waals surface area contributed by atoms with Gasteiger partial charge in [0, 0.05) is 16.9 Å². The Morgan fingerprint density at radius 3 is 2.46 bits per heavy atom. The maximum atomic E-state index is 15.4. The van der Waals surface area contributed by atoms with E-state index >= 15 is 4.39 Å².